The van der Waals surface area contributed by atoms with Gasteiger partial charge < -0.3 is 0 Å². The zero-order chi connectivity index (χ0) is 47.7. The smallest absolute Gasteiger partial charge is 0.170 e. The summed E-state index contributed by atoms with van der Waals surface area (Å²) in [6.07, 6.45) is 5.14. The molecule has 0 amide bonds. The van der Waals surface area contributed by atoms with Crippen molar-refractivity contribution in [1.29, 1.82) is 0 Å². The second-order valence-electron chi connectivity index (χ2n) is 17.7. The number of halogens is 8. The molecule has 0 spiro atoms. The van der Waals surface area contributed by atoms with E-state index in [-0.39, 0.29) is 23.1 Å². The lowest BCUT2D eigenvalue weighted by atomic mass is 9.74. The van der Waals surface area contributed by atoms with Crippen molar-refractivity contribution in [3.8, 4) is 89.0 Å². The van der Waals surface area contributed by atoms with Gasteiger partial charge in [0.05, 0.1) is 16.7 Å². The monoisotopic (exact) mass is 920 g/mol. The molecular weight excluding hydrogens is 885 g/mol. The Morgan fingerprint density at radius 2 is 0.478 bits per heavy atom. The van der Waals surface area contributed by atoms with Crippen LogP contribution >= 0.6 is 0 Å². The highest BCUT2D eigenvalue weighted by molar-refractivity contribution is 5.81. The zero-order valence-electron chi connectivity index (χ0n) is 36.6. The summed E-state index contributed by atoms with van der Waals surface area (Å²) in [7, 11) is 0. The normalized spacial score (nSPS) is 14.8. The van der Waals surface area contributed by atoms with Gasteiger partial charge in [-0.1, -0.05) is 195 Å². The Labute approximate surface area is 392 Å². The highest BCUT2D eigenvalue weighted by Gasteiger charge is 2.37. The van der Waals surface area contributed by atoms with Crippen LogP contribution in [0.5, 0.6) is 0 Å². The fourth-order valence-corrected chi connectivity index (χ4v) is 9.56. The van der Waals surface area contributed by atoms with E-state index < -0.39 is 74.2 Å². The van der Waals surface area contributed by atoms with Crippen molar-refractivity contribution < 1.29 is 35.1 Å². The van der Waals surface area contributed by atoms with E-state index in [1.54, 1.807) is 61.5 Å². The number of hydrogen-bond acceptors (Lipinski definition) is 0. The number of hydrogen-bond donors (Lipinski definition) is 0. The van der Waals surface area contributed by atoms with Crippen LogP contribution < -0.4 is 0 Å². The molecule has 0 heterocycles. The molecule has 1 unspecified atom stereocenters. The summed E-state index contributed by atoms with van der Waals surface area (Å²) in [6, 6.07) is 48.6. The van der Waals surface area contributed by atoms with Crippen molar-refractivity contribution in [3.63, 3.8) is 0 Å². The van der Waals surface area contributed by atoms with Gasteiger partial charge in [0.15, 0.2) is 46.5 Å². The van der Waals surface area contributed by atoms with E-state index in [1.165, 1.54) is 36.4 Å². The predicted octanol–water partition coefficient (Wildman–Crippen LogP) is 17.7. The van der Waals surface area contributed by atoms with Crippen LogP contribution in [0.4, 0.5) is 35.1 Å². The summed E-state index contributed by atoms with van der Waals surface area (Å²) in [5.74, 6) is -11.8. The molecular formula is C61H36F8. The van der Waals surface area contributed by atoms with Gasteiger partial charge in [-0.05, 0) is 89.9 Å². The van der Waals surface area contributed by atoms with Crippen molar-refractivity contribution in [3.05, 3.63) is 246 Å². The lowest BCUT2D eigenvalue weighted by Gasteiger charge is -2.30. The van der Waals surface area contributed by atoms with Crippen LogP contribution in [-0.4, -0.2) is 0 Å². The highest BCUT2D eigenvalue weighted by Crippen LogP contribution is 2.44. The van der Waals surface area contributed by atoms with Crippen molar-refractivity contribution in [1.82, 2.24) is 0 Å². The Hall–Kier alpha value is -8.10. The van der Waals surface area contributed by atoms with Gasteiger partial charge in [0.25, 0.3) is 0 Å². The van der Waals surface area contributed by atoms with E-state index >= 15 is 35.1 Å². The van der Waals surface area contributed by atoms with Gasteiger partial charge in [0, 0.05) is 11.0 Å². The van der Waals surface area contributed by atoms with E-state index in [1.807, 2.05) is 97.1 Å². The largest absolute Gasteiger partial charge is 0.203 e. The Bertz CT molecular complexity index is 3480. The SMILES string of the molecule is CC12C=CC(=CC1)c1ccc(cc1)-c1ccc(cc1)-c1ccc(cc1)-c1c(F)c(F)c(c(F)c1F)-c1ccc(cc1)-c1ccc(cc1)-c1ccc(cc1)-c1ccc(cc1)-c1c(F)c(F)c2c(F)c1F. The molecule has 9 aromatic carbocycles. The van der Waals surface area contributed by atoms with Crippen LogP contribution in [0, 0.1) is 46.5 Å². The molecule has 26 rings (SSSR count). The molecule has 0 fully saturated rings. The van der Waals surface area contributed by atoms with Crippen LogP contribution in [0.3, 0.4) is 0 Å². The van der Waals surface area contributed by atoms with E-state index in [0.29, 0.717) is 16.7 Å². The molecule has 0 aliphatic heterocycles. The average Bonchev–Trinajstić information content (AvgIpc) is 3.38. The van der Waals surface area contributed by atoms with Crippen LogP contribution in [0.25, 0.3) is 94.6 Å². The Kier molecular flexibility index (Phi) is 10.6. The molecule has 17 aliphatic rings. The van der Waals surface area contributed by atoms with E-state index in [0.717, 1.165) is 50.1 Å². The molecule has 0 radical (unpaired) electrons. The molecule has 1 atom stereocenters. The molecule has 0 nitrogen and oxygen atoms in total. The first kappa shape index (κ1) is 43.5. The van der Waals surface area contributed by atoms with Gasteiger partial charge in [0.1, 0.15) is 0 Å². The number of rotatable bonds is 0. The molecule has 69 heavy (non-hydrogen) atoms. The van der Waals surface area contributed by atoms with E-state index in [4.69, 9.17) is 0 Å². The Morgan fingerprint density at radius 3 is 0.696 bits per heavy atom. The second kappa shape index (κ2) is 16.9. The topological polar surface area (TPSA) is 0 Å². The summed E-state index contributed by atoms with van der Waals surface area (Å²) < 4.78 is 127. The maximum Gasteiger partial charge on any atom is 0.170 e. The van der Waals surface area contributed by atoms with Gasteiger partial charge in [-0.2, -0.15) is 0 Å². The summed E-state index contributed by atoms with van der Waals surface area (Å²) in [6.45, 7) is 1.55. The summed E-state index contributed by atoms with van der Waals surface area (Å²) in [5.41, 5.74) is 5.08. The Balaban J connectivity index is 0.962. The molecule has 9 aromatic rings. The van der Waals surface area contributed by atoms with Gasteiger partial charge in [-0.25, -0.2) is 35.1 Å². The maximum atomic E-state index is 16.0. The third-order valence-electron chi connectivity index (χ3n) is 13.5. The molecule has 0 saturated carbocycles. The first-order valence-corrected chi connectivity index (χ1v) is 22.2. The molecule has 336 valence electrons. The number of benzene rings is 9. The molecule has 0 aromatic heterocycles. The molecule has 0 saturated heterocycles. The van der Waals surface area contributed by atoms with Gasteiger partial charge >= 0.3 is 0 Å². The zero-order valence-corrected chi connectivity index (χ0v) is 36.6. The maximum absolute atomic E-state index is 16.0. The van der Waals surface area contributed by atoms with Crippen LogP contribution in [0.1, 0.15) is 24.5 Å². The molecule has 8 heteroatoms. The minimum atomic E-state index is -1.49. The molecule has 0 N–H and O–H groups in total. The van der Waals surface area contributed by atoms with E-state index in [9.17, 15) is 0 Å². The van der Waals surface area contributed by atoms with E-state index in [2.05, 4.69) is 0 Å². The lowest BCUT2D eigenvalue weighted by molar-refractivity contribution is 0.411. The predicted molar refractivity (Wildman–Crippen MR) is 259 cm³/mol. The van der Waals surface area contributed by atoms with Crippen LogP contribution in [0.15, 0.2) is 188 Å². The van der Waals surface area contributed by atoms with Crippen LogP contribution in [0.2, 0.25) is 0 Å². The third-order valence-corrected chi connectivity index (χ3v) is 13.5. The molecule has 20 bridgehead atoms. The van der Waals surface area contributed by atoms with Crippen molar-refractivity contribution in [2.24, 2.45) is 0 Å². The molecule has 17 aliphatic carbocycles. The van der Waals surface area contributed by atoms with Crippen molar-refractivity contribution in [2.45, 2.75) is 18.8 Å². The number of allylic oxidation sites excluding steroid dienone is 4. The minimum Gasteiger partial charge on any atom is -0.203 e. The Morgan fingerprint density at radius 1 is 0.275 bits per heavy atom. The lowest BCUT2D eigenvalue weighted by Crippen LogP contribution is -2.25. The van der Waals surface area contributed by atoms with Gasteiger partial charge in [-0.15, -0.1) is 0 Å². The highest BCUT2D eigenvalue weighted by atomic mass is 19.2. The van der Waals surface area contributed by atoms with Crippen molar-refractivity contribution >= 4 is 5.57 Å². The second-order valence-corrected chi connectivity index (χ2v) is 17.7. The summed E-state index contributed by atoms with van der Waals surface area (Å²) in [4.78, 5) is 0. The third kappa shape index (κ3) is 7.48. The van der Waals surface area contributed by atoms with Crippen molar-refractivity contribution in [2.75, 3.05) is 0 Å². The minimum absolute atomic E-state index is 0.0181. The summed E-state index contributed by atoms with van der Waals surface area (Å²) in [5, 5.41) is 0. The fourth-order valence-electron chi connectivity index (χ4n) is 9.56. The van der Waals surface area contributed by atoms with Crippen LogP contribution in [-0.2, 0) is 5.41 Å². The fraction of sp³-hybridized carbons (Fsp3) is 0.0492. The first-order chi connectivity index (χ1) is 33.4. The quantitative estimate of drug-likeness (QED) is 0.105. The van der Waals surface area contributed by atoms with Gasteiger partial charge in [-0.3, -0.25) is 0 Å². The summed E-state index contributed by atoms with van der Waals surface area (Å²) >= 11 is 0. The van der Waals surface area contributed by atoms with Gasteiger partial charge in [0.2, 0.25) is 0 Å². The average molecular weight is 921 g/mol. The standard InChI is InChI=1S/C61H36F8/c1-61-32-30-45(31-33-61)44-16-14-37(15-17-44)36-6-12-39(13-7-36)42-20-26-47(27-21-42)50-55(64)53(62)49(54(63)56(50)65)46-24-18-41(19-25-46)38-8-2-34(3-9-38)35-4-10-40(11-5-35)43-22-28-48(29-23-43)51-57(66)59(68)52(61)60(69)58(51)67/h2-32H,33H2,1H3. The first-order valence-electron chi connectivity index (χ1n) is 22.2.